The minimum Gasteiger partial charge on any atom is -0.356 e. The fraction of sp³-hybridized carbons (Fsp3) is 0.556. The lowest BCUT2D eigenvalue weighted by Gasteiger charge is -2.14. The zero-order valence-corrected chi connectivity index (χ0v) is 13.6. The molecule has 1 aromatic rings. The highest BCUT2D eigenvalue weighted by Gasteiger charge is 2.48. The third-order valence-corrected chi connectivity index (χ3v) is 4.14. The molecule has 22 heavy (non-hydrogen) atoms. The minimum atomic E-state index is -0.162. The Balaban J connectivity index is 1.75. The average molecular weight is 302 g/mol. The van der Waals surface area contributed by atoms with Gasteiger partial charge in [-0.15, -0.1) is 0 Å². The first-order valence-electron chi connectivity index (χ1n) is 8.12. The number of carbonyl (C=O) groups excluding carboxylic acids is 2. The van der Waals surface area contributed by atoms with Crippen molar-refractivity contribution in [2.75, 3.05) is 6.54 Å². The van der Waals surface area contributed by atoms with Gasteiger partial charge < -0.3 is 10.6 Å². The molecule has 0 saturated heterocycles. The quantitative estimate of drug-likeness (QED) is 0.813. The molecule has 1 fully saturated rings. The molecule has 0 bridgehead atoms. The van der Waals surface area contributed by atoms with Gasteiger partial charge in [-0.25, -0.2) is 0 Å². The molecule has 120 valence electrons. The van der Waals surface area contributed by atoms with Gasteiger partial charge in [0, 0.05) is 6.54 Å². The van der Waals surface area contributed by atoms with Gasteiger partial charge in [-0.2, -0.15) is 0 Å². The number of hydrogen-bond donors (Lipinski definition) is 2. The Labute approximate surface area is 132 Å². The molecule has 1 aromatic carbocycles. The van der Waals surface area contributed by atoms with Crippen molar-refractivity contribution in [2.45, 2.75) is 39.7 Å². The monoisotopic (exact) mass is 302 g/mol. The molecule has 2 rings (SSSR count). The standard InChI is InChI=1S/C18H26N2O2/c1-12(2)9-10-19-17(21)15-11-16(15)18(22)20-13(3)14-7-5-4-6-8-14/h4-8,12-13,15-16H,9-11H2,1-3H3,(H,19,21)(H,20,22). The molecular formula is C18H26N2O2. The first-order chi connectivity index (χ1) is 10.5. The maximum Gasteiger partial charge on any atom is 0.224 e. The van der Waals surface area contributed by atoms with E-state index in [2.05, 4.69) is 24.5 Å². The summed E-state index contributed by atoms with van der Waals surface area (Å²) in [6.45, 7) is 6.92. The van der Waals surface area contributed by atoms with Crippen LogP contribution in [0.25, 0.3) is 0 Å². The largest absolute Gasteiger partial charge is 0.356 e. The van der Waals surface area contributed by atoms with Crippen molar-refractivity contribution in [1.82, 2.24) is 10.6 Å². The Bertz CT molecular complexity index is 513. The minimum absolute atomic E-state index is 0.0136. The first kappa shape index (κ1) is 16.5. The topological polar surface area (TPSA) is 58.2 Å². The van der Waals surface area contributed by atoms with Crippen LogP contribution in [0.15, 0.2) is 30.3 Å². The van der Waals surface area contributed by atoms with E-state index in [0.29, 0.717) is 18.9 Å². The molecule has 1 aliphatic carbocycles. The van der Waals surface area contributed by atoms with E-state index in [4.69, 9.17) is 0 Å². The zero-order chi connectivity index (χ0) is 16.1. The van der Waals surface area contributed by atoms with Crippen LogP contribution in [0, 0.1) is 17.8 Å². The number of amides is 2. The Morgan fingerprint density at radius 1 is 1.09 bits per heavy atom. The van der Waals surface area contributed by atoms with Crippen molar-refractivity contribution >= 4 is 11.8 Å². The summed E-state index contributed by atoms with van der Waals surface area (Å²) in [5.74, 6) is 0.277. The van der Waals surface area contributed by atoms with Crippen LogP contribution in [0.5, 0.6) is 0 Å². The van der Waals surface area contributed by atoms with Crippen LogP contribution in [0.4, 0.5) is 0 Å². The summed E-state index contributed by atoms with van der Waals surface area (Å²) in [4.78, 5) is 24.2. The Morgan fingerprint density at radius 2 is 1.73 bits per heavy atom. The predicted octanol–water partition coefficient (Wildman–Crippen LogP) is 2.66. The summed E-state index contributed by atoms with van der Waals surface area (Å²) < 4.78 is 0. The third-order valence-electron chi connectivity index (χ3n) is 4.14. The van der Waals surface area contributed by atoms with E-state index in [0.717, 1.165) is 12.0 Å². The molecule has 4 heteroatoms. The van der Waals surface area contributed by atoms with Crippen LogP contribution in [0.3, 0.4) is 0 Å². The van der Waals surface area contributed by atoms with Gasteiger partial charge >= 0.3 is 0 Å². The SMILES string of the molecule is CC(C)CCNC(=O)C1CC1C(=O)NC(C)c1ccccc1. The molecular weight excluding hydrogens is 276 g/mol. The second kappa shape index (κ2) is 7.43. The van der Waals surface area contributed by atoms with Crippen molar-refractivity contribution in [3.8, 4) is 0 Å². The van der Waals surface area contributed by atoms with Crippen molar-refractivity contribution in [3.05, 3.63) is 35.9 Å². The van der Waals surface area contributed by atoms with Crippen molar-refractivity contribution in [1.29, 1.82) is 0 Å². The Hall–Kier alpha value is -1.84. The maximum absolute atomic E-state index is 12.2. The second-order valence-corrected chi connectivity index (χ2v) is 6.56. The van der Waals surface area contributed by atoms with Gasteiger partial charge in [-0.3, -0.25) is 9.59 Å². The number of rotatable bonds is 7. The Kier molecular flexibility index (Phi) is 5.58. The summed E-state index contributed by atoms with van der Waals surface area (Å²) in [6, 6.07) is 9.83. The lowest BCUT2D eigenvalue weighted by Crippen LogP contribution is -2.32. The molecule has 0 aromatic heterocycles. The highest BCUT2D eigenvalue weighted by atomic mass is 16.2. The molecule has 0 aliphatic heterocycles. The Morgan fingerprint density at radius 3 is 2.36 bits per heavy atom. The molecule has 3 atom stereocenters. The summed E-state index contributed by atoms with van der Waals surface area (Å²) in [7, 11) is 0. The van der Waals surface area contributed by atoms with Gasteiger partial charge in [0.25, 0.3) is 0 Å². The normalized spacial score (nSPS) is 21.3. The molecule has 4 nitrogen and oxygen atoms in total. The van der Waals surface area contributed by atoms with Crippen molar-refractivity contribution in [3.63, 3.8) is 0 Å². The van der Waals surface area contributed by atoms with E-state index in [9.17, 15) is 9.59 Å². The van der Waals surface area contributed by atoms with Crippen LogP contribution in [-0.2, 0) is 9.59 Å². The summed E-state index contributed by atoms with van der Waals surface area (Å²) >= 11 is 0. The number of nitrogens with one attached hydrogen (secondary N) is 2. The van der Waals surface area contributed by atoms with Gasteiger partial charge in [0.2, 0.25) is 11.8 Å². The van der Waals surface area contributed by atoms with Crippen molar-refractivity contribution in [2.24, 2.45) is 17.8 Å². The highest BCUT2D eigenvalue weighted by molar-refractivity contribution is 5.92. The van der Waals surface area contributed by atoms with Gasteiger partial charge in [-0.1, -0.05) is 44.2 Å². The predicted molar refractivity (Wildman–Crippen MR) is 87.1 cm³/mol. The lowest BCUT2D eigenvalue weighted by molar-refractivity contribution is -0.127. The number of carbonyl (C=O) groups is 2. The van der Waals surface area contributed by atoms with Gasteiger partial charge in [0.1, 0.15) is 0 Å². The van der Waals surface area contributed by atoms with Crippen LogP contribution < -0.4 is 10.6 Å². The summed E-state index contributed by atoms with van der Waals surface area (Å²) in [6.07, 6.45) is 1.64. The average Bonchev–Trinajstić information content (AvgIpc) is 3.28. The van der Waals surface area contributed by atoms with Gasteiger partial charge in [-0.05, 0) is 31.2 Å². The summed E-state index contributed by atoms with van der Waals surface area (Å²) in [5, 5.41) is 5.93. The molecule has 1 saturated carbocycles. The van der Waals surface area contributed by atoms with E-state index in [1.807, 2.05) is 37.3 Å². The smallest absolute Gasteiger partial charge is 0.224 e. The van der Waals surface area contributed by atoms with Crippen LogP contribution in [0.1, 0.15) is 45.2 Å². The lowest BCUT2D eigenvalue weighted by atomic mass is 10.1. The molecule has 2 amide bonds. The van der Waals surface area contributed by atoms with E-state index >= 15 is 0 Å². The number of benzene rings is 1. The first-order valence-corrected chi connectivity index (χ1v) is 8.12. The van der Waals surface area contributed by atoms with Crippen LogP contribution >= 0.6 is 0 Å². The van der Waals surface area contributed by atoms with Gasteiger partial charge in [0.15, 0.2) is 0 Å². The molecule has 1 aliphatic rings. The van der Waals surface area contributed by atoms with E-state index < -0.39 is 0 Å². The van der Waals surface area contributed by atoms with Crippen LogP contribution in [0.2, 0.25) is 0 Å². The number of hydrogen-bond acceptors (Lipinski definition) is 2. The molecule has 2 N–H and O–H groups in total. The fourth-order valence-electron chi connectivity index (χ4n) is 2.54. The molecule has 0 heterocycles. The molecule has 0 radical (unpaired) electrons. The highest BCUT2D eigenvalue weighted by Crippen LogP contribution is 2.39. The van der Waals surface area contributed by atoms with Crippen LogP contribution in [-0.4, -0.2) is 18.4 Å². The summed E-state index contributed by atoms with van der Waals surface area (Å²) in [5.41, 5.74) is 1.08. The van der Waals surface area contributed by atoms with E-state index in [1.54, 1.807) is 0 Å². The molecule has 0 spiro atoms. The fourth-order valence-corrected chi connectivity index (χ4v) is 2.54. The molecule has 3 unspecified atom stereocenters. The zero-order valence-electron chi connectivity index (χ0n) is 13.6. The third kappa shape index (κ3) is 4.58. The maximum atomic E-state index is 12.2. The van der Waals surface area contributed by atoms with Crippen molar-refractivity contribution < 1.29 is 9.59 Å². The van der Waals surface area contributed by atoms with E-state index in [-0.39, 0.29) is 29.7 Å². The second-order valence-electron chi connectivity index (χ2n) is 6.56. The van der Waals surface area contributed by atoms with Gasteiger partial charge in [0.05, 0.1) is 17.9 Å². The van der Waals surface area contributed by atoms with E-state index in [1.165, 1.54) is 0 Å².